The van der Waals surface area contributed by atoms with Crippen molar-refractivity contribution in [2.75, 3.05) is 10.6 Å². The van der Waals surface area contributed by atoms with E-state index in [4.69, 9.17) is 0 Å². The van der Waals surface area contributed by atoms with E-state index in [0.29, 0.717) is 12.8 Å². The number of aromatic nitrogens is 2. The van der Waals surface area contributed by atoms with E-state index >= 15 is 0 Å². The molecule has 1 aliphatic rings. The van der Waals surface area contributed by atoms with Crippen molar-refractivity contribution in [2.24, 2.45) is 5.92 Å². The Morgan fingerprint density at radius 2 is 1.86 bits per heavy atom. The highest BCUT2D eigenvalue weighted by molar-refractivity contribution is 5.96. The van der Waals surface area contributed by atoms with Crippen LogP contribution >= 0.6 is 0 Å². The monoisotopic (exact) mass is 388 g/mol. The summed E-state index contributed by atoms with van der Waals surface area (Å²) in [4.78, 5) is 24.9. The van der Waals surface area contributed by atoms with Gasteiger partial charge in [-0.3, -0.25) is 9.59 Å². The highest BCUT2D eigenvalue weighted by Gasteiger charge is 2.26. The van der Waals surface area contributed by atoms with Crippen LogP contribution in [0.25, 0.3) is 5.69 Å². The van der Waals surface area contributed by atoms with Crippen LogP contribution in [0, 0.1) is 19.8 Å². The largest absolute Gasteiger partial charge is 0.326 e. The van der Waals surface area contributed by atoms with Crippen LogP contribution < -0.4 is 10.6 Å². The van der Waals surface area contributed by atoms with Crippen molar-refractivity contribution in [2.45, 2.75) is 33.1 Å². The van der Waals surface area contributed by atoms with Gasteiger partial charge in [0.2, 0.25) is 11.8 Å². The Morgan fingerprint density at radius 3 is 2.66 bits per heavy atom. The van der Waals surface area contributed by atoms with Crippen LogP contribution in [0.5, 0.6) is 0 Å². The van der Waals surface area contributed by atoms with Crippen LogP contribution in [-0.4, -0.2) is 21.6 Å². The van der Waals surface area contributed by atoms with Crippen LogP contribution in [0.1, 0.15) is 29.8 Å². The second-order valence-corrected chi connectivity index (χ2v) is 7.43. The van der Waals surface area contributed by atoms with E-state index in [1.165, 1.54) is 0 Å². The Hall–Kier alpha value is -3.41. The minimum Gasteiger partial charge on any atom is -0.326 e. The number of aryl methyl sites for hydroxylation is 1. The minimum absolute atomic E-state index is 0.0132. The zero-order valence-corrected chi connectivity index (χ0v) is 16.6. The Labute approximate surface area is 169 Å². The molecule has 2 heterocycles. The van der Waals surface area contributed by atoms with Crippen LogP contribution in [0.3, 0.4) is 0 Å². The first-order chi connectivity index (χ1) is 14.0. The van der Waals surface area contributed by atoms with Gasteiger partial charge in [-0.1, -0.05) is 36.4 Å². The van der Waals surface area contributed by atoms with E-state index in [2.05, 4.69) is 15.7 Å². The second-order valence-electron chi connectivity index (χ2n) is 7.43. The highest BCUT2D eigenvalue weighted by Crippen LogP contribution is 2.28. The van der Waals surface area contributed by atoms with Crippen LogP contribution in [0.15, 0.2) is 54.6 Å². The van der Waals surface area contributed by atoms with Crippen LogP contribution in [-0.2, 0) is 16.0 Å². The van der Waals surface area contributed by atoms with Gasteiger partial charge in [0, 0.05) is 18.0 Å². The molecule has 0 saturated carbocycles. The fourth-order valence-corrected chi connectivity index (χ4v) is 3.80. The fraction of sp³-hybridized carbons (Fsp3) is 0.261. The van der Waals surface area contributed by atoms with Gasteiger partial charge in [-0.25, -0.2) is 4.68 Å². The lowest BCUT2D eigenvalue weighted by molar-refractivity contribution is -0.121. The summed E-state index contributed by atoms with van der Waals surface area (Å²) >= 11 is 0. The van der Waals surface area contributed by atoms with Gasteiger partial charge in [0.1, 0.15) is 0 Å². The molecule has 1 aromatic heterocycles. The summed E-state index contributed by atoms with van der Waals surface area (Å²) in [5, 5.41) is 10.5. The van der Waals surface area contributed by atoms with Crippen molar-refractivity contribution < 1.29 is 9.59 Å². The molecular formula is C23H24N4O2. The van der Waals surface area contributed by atoms with Gasteiger partial charge in [-0.05, 0) is 50.5 Å². The average molecular weight is 388 g/mol. The molecule has 0 aliphatic carbocycles. The summed E-state index contributed by atoms with van der Waals surface area (Å²) in [6.07, 6.45) is 1.46. The minimum atomic E-state index is -0.190. The number of hydrogen-bond acceptors (Lipinski definition) is 3. The van der Waals surface area contributed by atoms with Gasteiger partial charge < -0.3 is 10.6 Å². The SMILES string of the molecule is Cc1nn(-c2ccccc2)c(C)c1NC(=O)CC[C@H]1Cc2ccccc2NC1=O. The molecule has 0 spiro atoms. The number of carbonyl (C=O) groups excluding carboxylic acids is 2. The smallest absolute Gasteiger partial charge is 0.227 e. The number of nitrogens with one attached hydrogen (secondary N) is 2. The molecule has 0 saturated heterocycles. The van der Waals surface area contributed by atoms with Crippen molar-refractivity contribution >= 4 is 23.2 Å². The Bertz CT molecular complexity index is 1060. The number of nitrogens with zero attached hydrogens (tertiary/aromatic N) is 2. The predicted octanol–water partition coefficient (Wildman–Crippen LogP) is 4.02. The Balaban J connectivity index is 1.41. The number of benzene rings is 2. The summed E-state index contributed by atoms with van der Waals surface area (Å²) in [6, 6.07) is 17.6. The van der Waals surface area contributed by atoms with E-state index in [0.717, 1.165) is 34.0 Å². The van der Waals surface area contributed by atoms with Crippen LogP contribution in [0.2, 0.25) is 0 Å². The van der Waals surface area contributed by atoms with Crippen molar-refractivity contribution in [1.82, 2.24) is 9.78 Å². The number of amides is 2. The normalized spacial score (nSPS) is 15.5. The number of anilines is 2. The third-order valence-electron chi connectivity index (χ3n) is 5.39. The number of fused-ring (bicyclic) bond motifs is 1. The Kier molecular flexibility index (Phi) is 5.16. The van der Waals surface area contributed by atoms with E-state index in [1.54, 1.807) is 0 Å². The molecule has 6 heteroatoms. The lowest BCUT2D eigenvalue weighted by Gasteiger charge is -2.24. The molecule has 4 rings (SSSR count). The number of para-hydroxylation sites is 2. The van der Waals surface area contributed by atoms with Gasteiger partial charge >= 0.3 is 0 Å². The van der Waals surface area contributed by atoms with Gasteiger partial charge in [-0.15, -0.1) is 0 Å². The zero-order valence-electron chi connectivity index (χ0n) is 16.6. The first-order valence-corrected chi connectivity index (χ1v) is 9.83. The lowest BCUT2D eigenvalue weighted by atomic mass is 9.89. The molecule has 1 aliphatic heterocycles. The van der Waals surface area contributed by atoms with E-state index in [9.17, 15) is 9.59 Å². The molecule has 0 unspecified atom stereocenters. The molecule has 2 amide bonds. The van der Waals surface area contributed by atoms with Gasteiger partial charge in [-0.2, -0.15) is 5.10 Å². The summed E-state index contributed by atoms with van der Waals surface area (Å²) in [7, 11) is 0. The molecule has 6 nitrogen and oxygen atoms in total. The first kappa shape index (κ1) is 18.9. The second kappa shape index (κ2) is 7.91. The molecule has 0 bridgehead atoms. The maximum Gasteiger partial charge on any atom is 0.227 e. The summed E-state index contributed by atoms with van der Waals surface area (Å²) < 4.78 is 1.83. The van der Waals surface area contributed by atoms with Crippen molar-refractivity contribution in [1.29, 1.82) is 0 Å². The summed E-state index contributed by atoms with van der Waals surface area (Å²) in [6.45, 7) is 3.82. The standard InChI is InChI=1S/C23H24N4O2/c1-15-22(16(2)27(26-15)19-9-4-3-5-10-19)25-21(28)13-12-18-14-17-8-6-7-11-20(17)24-23(18)29/h3-11,18H,12-14H2,1-2H3,(H,24,29)(H,25,28)/t18-/m0/s1. The van der Waals surface area contributed by atoms with Gasteiger partial charge in [0.15, 0.2) is 0 Å². The number of carbonyl (C=O) groups is 2. The molecule has 1 atom stereocenters. The van der Waals surface area contributed by atoms with E-state index in [1.807, 2.05) is 73.1 Å². The number of rotatable bonds is 5. The molecule has 0 radical (unpaired) electrons. The molecule has 29 heavy (non-hydrogen) atoms. The fourth-order valence-electron chi connectivity index (χ4n) is 3.80. The van der Waals surface area contributed by atoms with E-state index in [-0.39, 0.29) is 24.2 Å². The predicted molar refractivity (Wildman–Crippen MR) is 113 cm³/mol. The maximum absolute atomic E-state index is 12.6. The topological polar surface area (TPSA) is 76.0 Å². The van der Waals surface area contributed by atoms with Crippen LogP contribution in [0.4, 0.5) is 11.4 Å². The lowest BCUT2D eigenvalue weighted by Crippen LogP contribution is -2.30. The van der Waals surface area contributed by atoms with Gasteiger partial charge in [0.25, 0.3) is 0 Å². The quantitative estimate of drug-likeness (QED) is 0.693. The van der Waals surface area contributed by atoms with Crippen molar-refractivity contribution in [3.05, 3.63) is 71.5 Å². The highest BCUT2D eigenvalue weighted by atomic mass is 16.2. The van der Waals surface area contributed by atoms with Gasteiger partial charge in [0.05, 0.1) is 22.8 Å². The third kappa shape index (κ3) is 3.92. The third-order valence-corrected chi connectivity index (χ3v) is 5.39. The van der Waals surface area contributed by atoms with Crippen molar-refractivity contribution in [3.8, 4) is 5.69 Å². The molecule has 3 aromatic rings. The molecule has 2 N–H and O–H groups in total. The number of hydrogen-bond donors (Lipinski definition) is 2. The molecule has 2 aromatic carbocycles. The zero-order chi connectivity index (χ0) is 20.4. The summed E-state index contributed by atoms with van der Waals surface area (Å²) in [5.41, 5.74) is 5.32. The first-order valence-electron chi connectivity index (χ1n) is 9.83. The molecular weight excluding hydrogens is 364 g/mol. The van der Waals surface area contributed by atoms with E-state index < -0.39 is 0 Å². The average Bonchev–Trinajstić information content (AvgIpc) is 3.01. The van der Waals surface area contributed by atoms with Crippen molar-refractivity contribution in [3.63, 3.8) is 0 Å². The molecule has 148 valence electrons. The maximum atomic E-state index is 12.6. The summed E-state index contributed by atoms with van der Waals surface area (Å²) in [5.74, 6) is -0.305. The molecule has 0 fully saturated rings. The Morgan fingerprint density at radius 1 is 1.14 bits per heavy atom.